The van der Waals surface area contributed by atoms with Gasteiger partial charge in [0.15, 0.2) is 0 Å². The Morgan fingerprint density at radius 3 is 2.32 bits per heavy atom. The maximum Gasteiger partial charge on any atom is 0.255 e. The predicted octanol–water partition coefficient (Wildman–Crippen LogP) is 3.64. The monoisotopic (exact) mass is 339 g/mol. The zero-order valence-corrected chi connectivity index (χ0v) is 14.9. The van der Waals surface area contributed by atoms with E-state index in [1.54, 1.807) is 24.3 Å². The average Bonchev–Trinajstić information content (AvgIpc) is 2.60. The van der Waals surface area contributed by atoms with Crippen LogP contribution in [0, 0.1) is 5.92 Å². The van der Waals surface area contributed by atoms with Gasteiger partial charge in [-0.05, 0) is 48.5 Å². The number of benzene rings is 2. The van der Waals surface area contributed by atoms with Gasteiger partial charge in [-0.15, -0.1) is 0 Å². The minimum absolute atomic E-state index is 0.0466. The number of rotatable bonds is 7. The van der Waals surface area contributed by atoms with E-state index in [1.807, 2.05) is 38.1 Å². The van der Waals surface area contributed by atoms with Gasteiger partial charge in [0.25, 0.3) is 5.91 Å². The van der Waals surface area contributed by atoms with Crippen LogP contribution in [0.4, 0.5) is 11.4 Å². The Hall–Kier alpha value is -2.66. The zero-order valence-electron chi connectivity index (χ0n) is 14.9. The van der Waals surface area contributed by atoms with E-state index in [2.05, 4.69) is 22.9 Å². The first-order valence-corrected chi connectivity index (χ1v) is 8.51. The van der Waals surface area contributed by atoms with Crippen LogP contribution in [0.25, 0.3) is 0 Å². The molecule has 0 saturated carbocycles. The number of amides is 2. The van der Waals surface area contributed by atoms with Crippen molar-refractivity contribution in [3.8, 4) is 0 Å². The highest BCUT2D eigenvalue weighted by molar-refractivity contribution is 6.04. The van der Waals surface area contributed by atoms with E-state index in [9.17, 15) is 9.59 Å². The summed E-state index contributed by atoms with van der Waals surface area (Å²) in [6, 6.07) is 14.6. The summed E-state index contributed by atoms with van der Waals surface area (Å²) in [5, 5.41) is 8.97. The summed E-state index contributed by atoms with van der Waals surface area (Å²) < 4.78 is 0. The van der Waals surface area contributed by atoms with E-state index in [4.69, 9.17) is 0 Å². The number of carbonyl (C=O) groups excluding carboxylic acids is 2. The van der Waals surface area contributed by atoms with Crippen LogP contribution in [0.1, 0.15) is 36.7 Å². The molecule has 2 amide bonds. The Morgan fingerprint density at radius 2 is 1.68 bits per heavy atom. The van der Waals surface area contributed by atoms with Crippen molar-refractivity contribution in [2.45, 2.75) is 27.3 Å². The van der Waals surface area contributed by atoms with Crippen LogP contribution in [-0.2, 0) is 11.3 Å². The Kier molecular flexibility index (Phi) is 6.71. The topological polar surface area (TPSA) is 70.2 Å². The Balaban J connectivity index is 2.00. The van der Waals surface area contributed by atoms with E-state index >= 15 is 0 Å². The lowest BCUT2D eigenvalue weighted by Gasteiger charge is -2.10. The second kappa shape index (κ2) is 8.99. The Labute approximate surface area is 148 Å². The van der Waals surface area contributed by atoms with Crippen molar-refractivity contribution in [1.82, 2.24) is 5.32 Å². The smallest absolute Gasteiger partial charge is 0.255 e. The normalized spacial score (nSPS) is 10.6. The minimum Gasteiger partial charge on any atom is -0.326 e. The first-order chi connectivity index (χ1) is 12.0. The van der Waals surface area contributed by atoms with Gasteiger partial charge in [0.2, 0.25) is 5.91 Å². The maximum atomic E-state index is 12.4. The molecule has 25 heavy (non-hydrogen) atoms. The second-order valence-corrected chi connectivity index (χ2v) is 6.16. The Bertz CT molecular complexity index is 724. The number of nitrogens with one attached hydrogen (secondary N) is 3. The van der Waals surface area contributed by atoms with E-state index in [1.165, 1.54) is 0 Å². The third-order valence-corrected chi connectivity index (χ3v) is 3.70. The molecule has 2 rings (SSSR count). The molecule has 0 heterocycles. The number of anilines is 2. The molecule has 2 aromatic carbocycles. The predicted molar refractivity (Wildman–Crippen MR) is 102 cm³/mol. The molecule has 2 aromatic rings. The minimum atomic E-state index is -0.178. The molecule has 0 saturated heterocycles. The van der Waals surface area contributed by atoms with Gasteiger partial charge < -0.3 is 16.0 Å². The molecule has 0 aliphatic rings. The van der Waals surface area contributed by atoms with Gasteiger partial charge in [-0.1, -0.05) is 32.9 Å². The highest BCUT2D eigenvalue weighted by Gasteiger charge is 2.09. The summed E-state index contributed by atoms with van der Waals surface area (Å²) in [5.41, 5.74) is 3.10. The van der Waals surface area contributed by atoms with Crippen molar-refractivity contribution >= 4 is 23.2 Å². The SMILES string of the molecule is CCNCc1cccc(NC(=O)c2ccc(NC(=O)C(C)C)cc2)c1. The number of hydrogen-bond donors (Lipinski definition) is 3. The first kappa shape index (κ1) is 18.7. The van der Waals surface area contributed by atoms with Crippen LogP contribution in [-0.4, -0.2) is 18.4 Å². The molecule has 0 atom stereocenters. The van der Waals surface area contributed by atoms with Crippen LogP contribution in [0.15, 0.2) is 48.5 Å². The van der Waals surface area contributed by atoms with Gasteiger partial charge in [-0.25, -0.2) is 0 Å². The molecule has 3 N–H and O–H groups in total. The van der Waals surface area contributed by atoms with Gasteiger partial charge in [-0.3, -0.25) is 9.59 Å². The van der Waals surface area contributed by atoms with Crippen LogP contribution in [0.3, 0.4) is 0 Å². The summed E-state index contributed by atoms with van der Waals surface area (Å²) >= 11 is 0. The molecule has 0 bridgehead atoms. The maximum absolute atomic E-state index is 12.4. The first-order valence-electron chi connectivity index (χ1n) is 8.51. The average molecular weight is 339 g/mol. The second-order valence-electron chi connectivity index (χ2n) is 6.16. The third-order valence-electron chi connectivity index (χ3n) is 3.70. The van der Waals surface area contributed by atoms with Crippen molar-refractivity contribution in [2.75, 3.05) is 17.2 Å². The molecule has 0 radical (unpaired) electrons. The fraction of sp³-hybridized carbons (Fsp3) is 0.300. The van der Waals surface area contributed by atoms with Crippen molar-refractivity contribution in [3.63, 3.8) is 0 Å². The summed E-state index contributed by atoms with van der Waals surface area (Å²) in [7, 11) is 0. The van der Waals surface area contributed by atoms with Crippen LogP contribution < -0.4 is 16.0 Å². The van der Waals surface area contributed by atoms with Crippen molar-refractivity contribution in [1.29, 1.82) is 0 Å². The van der Waals surface area contributed by atoms with Crippen molar-refractivity contribution in [2.24, 2.45) is 5.92 Å². The molecule has 132 valence electrons. The van der Waals surface area contributed by atoms with E-state index < -0.39 is 0 Å². The van der Waals surface area contributed by atoms with Gasteiger partial charge in [0, 0.05) is 29.4 Å². The lowest BCUT2D eigenvalue weighted by atomic mass is 10.1. The summed E-state index contributed by atoms with van der Waals surface area (Å²) in [6.45, 7) is 7.39. The molecule has 0 aromatic heterocycles. The van der Waals surface area contributed by atoms with Crippen molar-refractivity contribution < 1.29 is 9.59 Å². The van der Waals surface area contributed by atoms with Crippen molar-refractivity contribution in [3.05, 3.63) is 59.7 Å². The molecule has 0 unspecified atom stereocenters. The molecule has 0 fully saturated rings. The molecule has 0 aliphatic carbocycles. The van der Waals surface area contributed by atoms with E-state index in [0.29, 0.717) is 11.3 Å². The fourth-order valence-electron chi connectivity index (χ4n) is 2.22. The number of carbonyl (C=O) groups is 2. The van der Waals surface area contributed by atoms with E-state index in [-0.39, 0.29) is 17.7 Å². The lowest BCUT2D eigenvalue weighted by molar-refractivity contribution is -0.118. The third kappa shape index (κ3) is 5.72. The molecular weight excluding hydrogens is 314 g/mol. The Morgan fingerprint density at radius 1 is 0.960 bits per heavy atom. The molecule has 0 aliphatic heterocycles. The summed E-state index contributed by atoms with van der Waals surface area (Å²) in [6.07, 6.45) is 0. The quantitative estimate of drug-likeness (QED) is 0.721. The van der Waals surface area contributed by atoms with Crippen LogP contribution in [0.5, 0.6) is 0 Å². The fourth-order valence-corrected chi connectivity index (χ4v) is 2.22. The van der Waals surface area contributed by atoms with Crippen LogP contribution in [0.2, 0.25) is 0 Å². The zero-order chi connectivity index (χ0) is 18.2. The molecule has 5 nitrogen and oxygen atoms in total. The summed E-state index contributed by atoms with van der Waals surface area (Å²) in [4.78, 5) is 24.1. The van der Waals surface area contributed by atoms with Gasteiger partial charge in [0.1, 0.15) is 0 Å². The van der Waals surface area contributed by atoms with Gasteiger partial charge in [0.05, 0.1) is 0 Å². The summed E-state index contributed by atoms with van der Waals surface area (Å²) in [5.74, 6) is -0.311. The van der Waals surface area contributed by atoms with Gasteiger partial charge in [-0.2, -0.15) is 0 Å². The largest absolute Gasteiger partial charge is 0.326 e. The highest BCUT2D eigenvalue weighted by atomic mass is 16.2. The van der Waals surface area contributed by atoms with Crippen LogP contribution >= 0.6 is 0 Å². The number of hydrogen-bond acceptors (Lipinski definition) is 3. The van der Waals surface area contributed by atoms with Gasteiger partial charge >= 0.3 is 0 Å². The highest BCUT2D eigenvalue weighted by Crippen LogP contribution is 2.15. The molecule has 0 spiro atoms. The lowest BCUT2D eigenvalue weighted by Crippen LogP contribution is -2.18. The van der Waals surface area contributed by atoms with E-state index in [0.717, 1.165) is 24.3 Å². The molecule has 5 heteroatoms. The standard InChI is InChI=1S/C20H25N3O2/c1-4-21-13-15-6-5-7-18(12-15)23-20(25)16-8-10-17(11-9-16)22-19(24)14(2)3/h5-12,14,21H,4,13H2,1-3H3,(H,22,24)(H,23,25). The molecular formula is C20H25N3O2.